The van der Waals surface area contributed by atoms with Gasteiger partial charge in [-0.1, -0.05) is 48.0 Å². The van der Waals surface area contributed by atoms with E-state index in [9.17, 15) is 15.4 Å². The summed E-state index contributed by atoms with van der Waals surface area (Å²) in [6, 6.07) is 19.9. The lowest BCUT2D eigenvalue weighted by molar-refractivity contribution is -0.384. The highest BCUT2D eigenvalue weighted by Crippen LogP contribution is 2.35. The third-order valence-electron chi connectivity index (χ3n) is 5.04. The van der Waals surface area contributed by atoms with Crippen molar-refractivity contribution in [3.05, 3.63) is 111 Å². The highest BCUT2D eigenvalue weighted by molar-refractivity contribution is 5.90. The maximum atomic E-state index is 11.1. The van der Waals surface area contributed by atoms with Crippen molar-refractivity contribution >= 4 is 17.3 Å². The minimum Gasteiger partial charge on any atom is -0.493 e. The van der Waals surface area contributed by atoms with Crippen molar-refractivity contribution in [3.8, 4) is 17.6 Å². The lowest BCUT2D eigenvalue weighted by atomic mass is 10.0. The smallest absolute Gasteiger partial charge is 0.270 e. The number of nitriles is 1. The van der Waals surface area contributed by atoms with Crippen molar-refractivity contribution in [2.75, 3.05) is 7.11 Å². The molecule has 0 aromatic heterocycles. The van der Waals surface area contributed by atoms with Crippen molar-refractivity contribution < 1.29 is 14.4 Å². The Bertz CT molecular complexity index is 1240. The van der Waals surface area contributed by atoms with Gasteiger partial charge in [0, 0.05) is 17.7 Å². The number of benzene rings is 3. The average Bonchev–Trinajstić information content (AvgIpc) is 2.82. The van der Waals surface area contributed by atoms with E-state index in [0.29, 0.717) is 35.7 Å². The van der Waals surface area contributed by atoms with Gasteiger partial charge in [-0.25, -0.2) is 0 Å². The summed E-state index contributed by atoms with van der Waals surface area (Å²) in [5.41, 5.74) is 4.49. The first kappa shape index (κ1) is 23.3. The van der Waals surface area contributed by atoms with E-state index in [-0.39, 0.29) is 5.69 Å². The minimum atomic E-state index is -0.482. The molecule has 6 heteroatoms. The van der Waals surface area contributed by atoms with Gasteiger partial charge in [0.05, 0.1) is 23.7 Å². The van der Waals surface area contributed by atoms with Crippen molar-refractivity contribution in [3.63, 3.8) is 0 Å². The molecule has 0 radical (unpaired) electrons. The first-order valence-electron chi connectivity index (χ1n) is 10.3. The number of aryl methyl sites for hydroxylation is 1. The van der Waals surface area contributed by atoms with Crippen LogP contribution in [0.5, 0.6) is 11.5 Å². The highest BCUT2D eigenvalue weighted by Gasteiger charge is 2.14. The number of nitro groups is 1. The van der Waals surface area contributed by atoms with E-state index in [2.05, 4.69) is 12.6 Å². The zero-order valence-corrected chi connectivity index (χ0v) is 18.6. The van der Waals surface area contributed by atoms with Gasteiger partial charge in [-0.05, 0) is 48.2 Å². The van der Waals surface area contributed by atoms with E-state index in [1.807, 2.05) is 37.3 Å². The number of non-ortho nitro benzene ring substituents is 1. The summed E-state index contributed by atoms with van der Waals surface area (Å²) in [5, 5.41) is 20.8. The van der Waals surface area contributed by atoms with Gasteiger partial charge in [-0.15, -0.1) is 6.58 Å². The molecule has 0 N–H and O–H groups in total. The monoisotopic (exact) mass is 440 g/mol. The number of hydrogen-bond acceptors (Lipinski definition) is 5. The minimum absolute atomic E-state index is 0.0709. The molecule has 0 saturated heterocycles. The predicted molar refractivity (Wildman–Crippen MR) is 129 cm³/mol. The summed E-state index contributed by atoms with van der Waals surface area (Å²) >= 11 is 0. The molecular formula is C27H24N2O4. The highest BCUT2D eigenvalue weighted by atomic mass is 16.6. The van der Waals surface area contributed by atoms with Crippen LogP contribution in [0.2, 0.25) is 0 Å². The number of hydrogen-bond donors (Lipinski definition) is 0. The van der Waals surface area contributed by atoms with Crippen LogP contribution >= 0.6 is 0 Å². The Labute approximate surface area is 193 Å². The normalized spacial score (nSPS) is 10.9. The number of methoxy groups -OCH3 is 1. The molecule has 0 aliphatic heterocycles. The fourth-order valence-electron chi connectivity index (χ4n) is 3.36. The standard InChI is InChI=1S/C27H24N2O4/c1-4-6-23-13-21(14-24(17-28)22-7-5-8-25(16-22)29(30)31)15-26(32-3)27(23)33-18-20-11-9-19(2)10-12-20/h4-5,7-16H,1,6,18H2,2-3H3/b24-14-. The van der Waals surface area contributed by atoms with E-state index in [1.54, 1.807) is 37.5 Å². The number of rotatable bonds is 9. The SMILES string of the molecule is C=CCc1cc(/C=C(/C#N)c2cccc([N+](=O)[O-])c2)cc(OC)c1OCc1ccc(C)cc1. The van der Waals surface area contributed by atoms with E-state index in [1.165, 1.54) is 17.7 Å². The third-order valence-corrected chi connectivity index (χ3v) is 5.04. The van der Waals surface area contributed by atoms with Crippen molar-refractivity contribution in [1.29, 1.82) is 5.26 Å². The van der Waals surface area contributed by atoms with Gasteiger partial charge in [0.15, 0.2) is 11.5 Å². The molecule has 0 heterocycles. The maximum Gasteiger partial charge on any atom is 0.270 e. The molecule has 0 aliphatic rings. The number of nitro benzene ring substituents is 1. The summed E-state index contributed by atoms with van der Waals surface area (Å²) in [6.07, 6.45) is 3.99. The van der Waals surface area contributed by atoms with E-state index < -0.39 is 4.92 Å². The Hall–Kier alpha value is -4.37. The Morgan fingerprint density at radius 3 is 2.58 bits per heavy atom. The fourth-order valence-corrected chi connectivity index (χ4v) is 3.36. The molecule has 0 atom stereocenters. The van der Waals surface area contributed by atoms with Gasteiger partial charge < -0.3 is 9.47 Å². The van der Waals surface area contributed by atoms with Crippen LogP contribution in [-0.4, -0.2) is 12.0 Å². The quantitative estimate of drug-likeness (QED) is 0.128. The van der Waals surface area contributed by atoms with Crippen molar-refractivity contribution in [2.45, 2.75) is 20.0 Å². The summed E-state index contributed by atoms with van der Waals surface area (Å²) in [5.74, 6) is 1.15. The Morgan fingerprint density at radius 1 is 1.18 bits per heavy atom. The summed E-state index contributed by atoms with van der Waals surface area (Å²) in [4.78, 5) is 10.6. The summed E-state index contributed by atoms with van der Waals surface area (Å²) < 4.78 is 11.7. The van der Waals surface area contributed by atoms with E-state index >= 15 is 0 Å². The molecule has 0 spiro atoms. The second-order valence-corrected chi connectivity index (χ2v) is 7.46. The molecule has 0 fully saturated rings. The topological polar surface area (TPSA) is 85.4 Å². The Morgan fingerprint density at radius 2 is 1.94 bits per heavy atom. The number of nitrogens with zero attached hydrogens (tertiary/aromatic N) is 2. The van der Waals surface area contributed by atoms with Crippen LogP contribution in [0, 0.1) is 28.4 Å². The Balaban J connectivity index is 1.98. The molecule has 0 unspecified atom stereocenters. The van der Waals surface area contributed by atoms with Gasteiger partial charge in [-0.2, -0.15) is 5.26 Å². The largest absolute Gasteiger partial charge is 0.493 e. The van der Waals surface area contributed by atoms with Crippen LogP contribution in [0.1, 0.15) is 27.8 Å². The third kappa shape index (κ3) is 5.86. The fraction of sp³-hybridized carbons (Fsp3) is 0.148. The Kier molecular flexibility index (Phi) is 7.61. The zero-order chi connectivity index (χ0) is 23.8. The van der Waals surface area contributed by atoms with Gasteiger partial charge in [0.1, 0.15) is 6.61 Å². The average molecular weight is 440 g/mol. The summed E-state index contributed by atoms with van der Waals surface area (Å²) in [6.45, 7) is 6.25. The predicted octanol–water partition coefficient (Wildman–Crippen LogP) is 6.28. The van der Waals surface area contributed by atoms with Gasteiger partial charge >= 0.3 is 0 Å². The number of allylic oxidation sites excluding steroid dienone is 2. The van der Waals surface area contributed by atoms with Crippen molar-refractivity contribution in [2.24, 2.45) is 0 Å². The van der Waals surface area contributed by atoms with E-state index in [0.717, 1.165) is 16.7 Å². The van der Waals surface area contributed by atoms with Gasteiger partial charge in [0.2, 0.25) is 0 Å². The molecule has 3 aromatic rings. The molecule has 6 nitrogen and oxygen atoms in total. The van der Waals surface area contributed by atoms with Crippen LogP contribution in [0.4, 0.5) is 5.69 Å². The van der Waals surface area contributed by atoms with Crippen molar-refractivity contribution in [1.82, 2.24) is 0 Å². The molecule has 0 aliphatic carbocycles. The molecule has 3 aromatic carbocycles. The second-order valence-electron chi connectivity index (χ2n) is 7.46. The van der Waals surface area contributed by atoms with Crippen LogP contribution in [-0.2, 0) is 13.0 Å². The van der Waals surface area contributed by atoms with E-state index in [4.69, 9.17) is 9.47 Å². The van der Waals surface area contributed by atoms with Crippen LogP contribution in [0.15, 0.2) is 73.3 Å². The van der Waals surface area contributed by atoms with Gasteiger partial charge in [-0.3, -0.25) is 10.1 Å². The maximum absolute atomic E-state index is 11.1. The van der Waals surface area contributed by atoms with Crippen LogP contribution < -0.4 is 9.47 Å². The number of ether oxygens (including phenoxy) is 2. The molecule has 166 valence electrons. The van der Waals surface area contributed by atoms with Gasteiger partial charge in [0.25, 0.3) is 5.69 Å². The molecule has 0 saturated carbocycles. The first-order valence-corrected chi connectivity index (χ1v) is 10.3. The lowest BCUT2D eigenvalue weighted by Crippen LogP contribution is -2.02. The molecule has 0 bridgehead atoms. The summed E-state index contributed by atoms with van der Waals surface area (Å²) in [7, 11) is 1.56. The molecule has 33 heavy (non-hydrogen) atoms. The molecule has 3 rings (SSSR count). The first-order chi connectivity index (χ1) is 15.9. The molecule has 0 amide bonds. The zero-order valence-electron chi connectivity index (χ0n) is 18.6. The second kappa shape index (κ2) is 10.8. The molecular weight excluding hydrogens is 416 g/mol. The lowest BCUT2D eigenvalue weighted by Gasteiger charge is -2.16. The van der Waals surface area contributed by atoms with Crippen LogP contribution in [0.25, 0.3) is 11.6 Å². The van der Waals surface area contributed by atoms with Crippen LogP contribution in [0.3, 0.4) is 0 Å².